The summed E-state index contributed by atoms with van der Waals surface area (Å²) in [5.41, 5.74) is 6.47. The fourth-order valence-electron chi connectivity index (χ4n) is 1.29. The molecule has 1 aromatic rings. The van der Waals surface area contributed by atoms with Crippen LogP contribution in [0.5, 0.6) is 5.88 Å². The molecule has 0 fully saturated rings. The highest BCUT2D eigenvalue weighted by Gasteiger charge is 2.04. The first-order valence-electron chi connectivity index (χ1n) is 5.45. The van der Waals surface area contributed by atoms with Gasteiger partial charge in [-0.05, 0) is 13.3 Å². The van der Waals surface area contributed by atoms with Gasteiger partial charge in [0, 0.05) is 0 Å². The molecule has 2 N–H and O–H groups in total. The summed E-state index contributed by atoms with van der Waals surface area (Å²) in [5.74, 6) is 1.10. The van der Waals surface area contributed by atoms with E-state index in [1.54, 1.807) is 0 Å². The summed E-state index contributed by atoms with van der Waals surface area (Å²) in [6, 6.07) is 0. The summed E-state index contributed by atoms with van der Waals surface area (Å²) in [5, 5.41) is 0. The average molecular weight is 209 g/mol. The van der Waals surface area contributed by atoms with E-state index in [0.29, 0.717) is 18.3 Å². The van der Waals surface area contributed by atoms with Crippen molar-refractivity contribution >= 4 is 5.82 Å². The van der Waals surface area contributed by atoms with E-state index >= 15 is 0 Å². The van der Waals surface area contributed by atoms with E-state index in [9.17, 15) is 0 Å². The van der Waals surface area contributed by atoms with Crippen molar-refractivity contribution in [1.82, 2.24) is 9.97 Å². The number of aromatic nitrogens is 2. The van der Waals surface area contributed by atoms with Gasteiger partial charge in [0.05, 0.1) is 12.2 Å². The zero-order valence-corrected chi connectivity index (χ0v) is 9.49. The molecular formula is C11H19N3O. The molecule has 4 nitrogen and oxygen atoms in total. The van der Waals surface area contributed by atoms with Crippen molar-refractivity contribution in [3.63, 3.8) is 0 Å². The lowest BCUT2D eigenvalue weighted by molar-refractivity contribution is 0.291. The maximum Gasteiger partial charge on any atom is 0.221 e. The molecule has 0 aromatic carbocycles. The number of rotatable bonds is 6. The van der Waals surface area contributed by atoms with E-state index < -0.39 is 0 Å². The van der Waals surface area contributed by atoms with Gasteiger partial charge in [0.1, 0.15) is 12.1 Å². The molecule has 0 unspecified atom stereocenters. The Morgan fingerprint density at radius 1 is 1.27 bits per heavy atom. The highest BCUT2D eigenvalue weighted by Crippen LogP contribution is 2.17. The molecule has 0 atom stereocenters. The van der Waals surface area contributed by atoms with Crippen molar-refractivity contribution < 1.29 is 4.74 Å². The van der Waals surface area contributed by atoms with Gasteiger partial charge in [0.15, 0.2) is 0 Å². The second kappa shape index (κ2) is 6.22. The first-order valence-corrected chi connectivity index (χ1v) is 5.45. The van der Waals surface area contributed by atoms with E-state index in [1.807, 2.05) is 6.92 Å². The Bertz CT molecular complexity index is 302. The second-order valence-electron chi connectivity index (χ2n) is 3.60. The van der Waals surface area contributed by atoms with Gasteiger partial charge in [-0.2, -0.15) is 0 Å². The topological polar surface area (TPSA) is 61.0 Å². The number of nitrogens with zero attached hydrogens (tertiary/aromatic N) is 2. The molecular weight excluding hydrogens is 190 g/mol. The highest BCUT2D eigenvalue weighted by molar-refractivity contribution is 5.42. The quantitative estimate of drug-likeness (QED) is 0.730. The molecule has 0 amide bonds. The third-order valence-corrected chi connectivity index (χ3v) is 2.31. The van der Waals surface area contributed by atoms with Crippen LogP contribution < -0.4 is 10.5 Å². The minimum atomic E-state index is 0.494. The fraction of sp³-hybridized carbons (Fsp3) is 0.636. The largest absolute Gasteiger partial charge is 0.477 e. The maximum absolute atomic E-state index is 5.64. The van der Waals surface area contributed by atoms with Crippen LogP contribution in [0.3, 0.4) is 0 Å². The summed E-state index contributed by atoms with van der Waals surface area (Å²) < 4.78 is 5.53. The van der Waals surface area contributed by atoms with Crippen molar-refractivity contribution in [2.75, 3.05) is 12.3 Å². The summed E-state index contributed by atoms with van der Waals surface area (Å²) in [4.78, 5) is 7.93. The molecule has 4 heteroatoms. The van der Waals surface area contributed by atoms with Gasteiger partial charge in [-0.3, -0.25) is 0 Å². The SMILES string of the molecule is CCCCCCOc1ncnc(N)c1C. The average Bonchev–Trinajstić information content (AvgIpc) is 2.24. The molecule has 0 spiro atoms. The Morgan fingerprint density at radius 3 is 2.80 bits per heavy atom. The molecule has 0 saturated heterocycles. The minimum Gasteiger partial charge on any atom is -0.477 e. The molecule has 1 aromatic heterocycles. The number of anilines is 1. The smallest absolute Gasteiger partial charge is 0.221 e. The van der Waals surface area contributed by atoms with Crippen LogP contribution in [0.4, 0.5) is 5.82 Å². The van der Waals surface area contributed by atoms with Crippen molar-refractivity contribution in [3.05, 3.63) is 11.9 Å². The number of unbranched alkanes of at least 4 members (excludes halogenated alkanes) is 3. The third-order valence-electron chi connectivity index (χ3n) is 2.31. The molecule has 1 rings (SSSR count). The normalized spacial score (nSPS) is 10.3. The third kappa shape index (κ3) is 3.73. The van der Waals surface area contributed by atoms with Crippen molar-refractivity contribution in [1.29, 1.82) is 0 Å². The Morgan fingerprint density at radius 2 is 2.07 bits per heavy atom. The molecule has 1 heterocycles. The summed E-state index contributed by atoms with van der Waals surface area (Å²) in [6.45, 7) is 4.77. The van der Waals surface area contributed by atoms with Crippen LogP contribution in [0.2, 0.25) is 0 Å². The molecule has 0 aliphatic heterocycles. The van der Waals surface area contributed by atoms with E-state index in [1.165, 1.54) is 25.6 Å². The fourth-order valence-corrected chi connectivity index (χ4v) is 1.29. The highest BCUT2D eigenvalue weighted by atomic mass is 16.5. The number of hydrogen-bond acceptors (Lipinski definition) is 4. The summed E-state index contributed by atoms with van der Waals surface area (Å²) in [6.07, 6.45) is 6.20. The summed E-state index contributed by atoms with van der Waals surface area (Å²) in [7, 11) is 0. The monoisotopic (exact) mass is 209 g/mol. The minimum absolute atomic E-state index is 0.494. The van der Waals surface area contributed by atoms with Crippen LogP contribution in [0.1, 0.15) is 38.2 Å². The van der Waals surface area contributed by atoms with E-state index in [-0.39, 0.29) is 0 Å². The Hall–Kier alpha value is -1.32. The van der Waals surface area contributed by atoms with Crippen LogP contribution in [0.15, 0.2) is 6.33 Å². The Kier molecular flexibility index (Phi) is 4.87. The lowest BCUT2D eigenvalue weighted by Crippen LogP contribution is -2.04. The van der Waals surface area contributed by atoms with Gasteiger partial charge in [0.25, 0.3) is 0 Å². The second-order valence-corrected chi connectivity index (χ2v) is 3.60. The predicted octanol–water partition coefficient (Wildman–Crippen LogP) is 2.33. The Labute approximate surface area is 90.9 Å². The van der Waals surface area contributed by atoms with Gasteiger partial charge in [0.2, 0.25) is 5.88 Å². The first-order chi connectivity index (χ1) is 7.25. The van der Waals surface area contributed by atoms with Crippen LogP contribution in [-0.4, -0.2) is 16.6 Å². The molecule has 0 radical (unpaired) electrons. The van der Waals surface area contributed by atoms with Crippen molar-refractivity contribution in [2.45, 2.75) is 39.5 Å². The number of ether oxygens (including phenoxy) is 1. The molecule has 84 valence electrons. The van der Waals surface area contributed by atoms with E-state index in [0.717, 1.165) is 12.0 Å². The number of nitrogen functional groups attached to an aromatic ring is 1. The Balaban J connectivity index is 2.34. The van der Waals surface area contributed by atoms with Gasteiger partial charge >= 0.3 is 0 Å². The predicted molar refractivity (Wildman–Crippen MR) is 60.8 cm³/mol. The zero-order chi connectivity index (χ0) is 11.1. The zero-order valence-electron chi connectivity index (χ0n) is 9.49. The van der Waals surface area contributed by atoms with Crippen molar-refractivity contribution in [2.24, 2.45) is 0 Å². The van der Waals surface area contributed by atoms with E-state index in [2.05, 4.69) is 16.9 Å². The molecule has 0 aliphatic rings. The van der Waals surface area contributed by atoms with Crippen LogP contribution in [0.25, 0.3) is 0 Å². The lowest BCUT2D eigenvalue weighted by Gasteiger charge is -2.08. The van der Waals surface area contributed by atoms with Crippen LogP contribution in [0, 0.1) is 6.92 Å². The number of nitrogens with two attached hydrogens (primary N) is 1. The molecule has 15 heavy (non-hydrogen) atoms. The van der Waals surface area contributed by atoms with Gasteiger partial charge in [-0.25, -0.2) is 9.97 Å². The maximum atomic E-state index is 5.64. The van der Waals surface area contributed by atoms with Gasteiger partial charge in [-0.1, -0.05) is 26.2 Å². The standard InChI is InChI=1S/C11H19N3O/c1-3-4-5-6-7-15-11-9(2)10(12)13-8-14-11/h8H,3-7H2,1-2H3,(H2,12,13,14). The van der Waals surface area contributed by atoms with E-state index in [4.69, 9.17) is 10.5 Å². The molecule has 0 bridgehead atoms. The number of hydrogen-bond donors (Lipinski definition) is 1. The van der Waals surface area contributed by atoms with Gasteiger partial charge in [-0.15, -0.1) is 0 Å². The first kappa shape index (κ1) is 11.8. The van der Waals surface area contributed by atoms with Crippen LogP contribution >= 0.6 is 0 Å². The van der Waals surface area contributed by atoms with Crippen molar-refractivity contribution in [3.8, 4) is 5.88 Å². The lowest BCUT2D eigenvalue weighted by atomic mass is 10.2. The van der Waals surface area contributed by atoms with Crippen LogP contribution in [-0.2, 0) is 0 Å². The molecule has 0 aliphatic carbocycles. The summed E-state index contributed by atoms with van der Waals surface area (Å²) >= 11 is 0. The molecule has 0 saturated carbocycles. The van der Waals surface area contributed by atoms with Gasteiger partial charge < -0.3 is 10.5 Å².